The molecule has 1 rings (SSSR count). The molecule has 0 fully saturated rings. The molecule has 1 unspecified atom stereocenters. The second kappa shape index (κ2) is 3.32. The number of nitrogens with zero attached hydrogens (tertiary/aromatic N) is 1. The van der Waals surface area contributed by atoms with Crippen LogP contribution in [0.15, 0.2) is 0 Å². The molecule has 2 N–H and O–H groups in total. The van der Waals surface area contributed by atoms with Gasteiger partial charge in [0.1, 0.15) is 0 Å². The Balaban J connectivity index is 2.94. The van der Waals surface area contributed by atoms with E-state index in [-0.39, 0.29) is 5.69 Å². The fraction of sp³-hybridized carbons (Fsp3) is 0.429. The molecule has 0 amide bonds. The fourth-order valence-electron chi connectivity index (χ4n) is 0.762. The lowest BCUT2D eigenvalue weighted by Crippen LogP contribution is -2.08. The first kappa shape index (κ1) is 10.6. The van der Waals surface area contributed by atoms with Crippen LogP contribution in [0.1, 0.15) is 24.2 Å². The first-order chi connectivity index (χ1) is 6.32. The van der Waals surface area contributed by atoms with Crippen molar-refractivity contribution < 1.29 is 23.1 Å². The average Bonchev–Trinajstić information content (AvgIpc) is 2.49. The Labute approximate surface area is 76.7 Å². The lowest BCUT2D eigenvalue weighted by Gasteiger charge is -2.00. The van der Waals surface area contributed by atoms with Gasteiger partial charge in [-0.3, -0.25) is 9.89 Å². The first-order valence-electron chi connectivity index (χ1n) is 3.60. The zero-order valence-electron chi connectivity index (χ0n) is 7.01. The van der Waals surface area contributed by atoms with Crippen LogP contribution in [0.2, 0.25) is 0 Å². The number of aromatic nitrogens is 2. The number of rotatable bonds is 2. The summed E-state index contributed by atoms with van der Waals surface area (Å²) in [6.45, 7) is 1.24. The minimum absolute atomic E-state index is 0.190. The van der Waals surface area contributed by atoms with Crippen LogP contribution in [0.5, 0.6) is 0 Å². The van der Waals surface area contributed by atoms with E-state index in [4.69, 9.17) is 5.11 Å². The van der Waals surface area contributed by atoms with Gasteiger partial charge in [-0.2, -0.15) is 18.3 Å². The third-order valence-corrected chi connectivity index (χ3v) is 1.61. The lowest BCUT2D eigenvalue weighted by atomic mass is 10.1. The van der Waals surface area contributed by atoms with Gasteiger partial charge in [-0.25, -0.2) is 0 Å². The normalized spacial score (nSPS) is 14.0. The van der Waals surface area contributed by atoms with Crippen molar-refractivity contribution in [1.82, 2.24) is 10.2 Å². The van der Waals surface area contributed by atoms with Crippen molar-refractivity contribution >= 4 is 5.97 Å². The van der Waals surface area contributed by atoms with E-state index in [0.29, 0.717) is 0 Å². The van der Waals surface area contributed by atoms with Gasteiger partial charge >= 0.3 is 12.1 Å². The summed E-state index contributed by atoms with van der Waals surface area (Å²) in [6, 6.07) is 1.86. The Morgan fingerprint density at radius 1 is 1.64 bits per heavy atom. The number of hydrogen-bond acceptors (Lipinski definition) is 2. The minimum Gasteiger partial charge on any atom is -0.481 e. The van der Waals surface area contributed by atoms with E-state index in [2.05, 4.69) is 5.10 Å². The molecule has 77 valence electrons. The predicted molar refractivity (Wildman–Crippen MR) is 38.5 cm³/mol. The van der Waals surface area contributed by atoms with Gasteiger partial charge in [0.2, 0.25) is 0 Å². The molecule has 1 radical (unpaired) electrons. The summed E-state index contributed by atoms with van der Waals surface area (Å²) in [6.07, 6.45) is -4.60. The summed E-state index contributed by atoms with van der Waals surface area (Å²) < 4.78 is 36.0. The number of carbonyl (C=O) groups is 1. The zero-order valence-corrected chi connectivity index (χ0v) is 7.01. The quantitative estimate of drug-likeness (QED) is 0.770. The van der Waals surface area contributed by atoms with Crippen LogP contribution >= 0.6 is 0 Å². The van der Waals surface area contributed by atoms with Crippen molar-refractivity contribution in [3.8, 4) is 0 Å². The molecule has 0 saturated heterocycles. The molecular weight excluding hydrogens is 201 g/mol. The van der Waals surface area contributed by atoms with Gasteiger partial charge in [0.05, 0.1) is 11.6 Å². The number of nitrogens with one attached hydrogen (secondary N) is 1. The molecular formula is C7H6F3N2O2. The SMILES string of the molecule is CC(C(=O)O)c1[c]c(C(F)(F)F)n[nH]1. The number of alkyl halides is 3. The summed E-state index contributed by atoms with van der Waals surface area (Å²) in [4.78, 5) is 10.4. The van der Waals surface area contributed by atoms with E-state index in [1.165, 1.54) is 6.92 Å². The molecule has 0 aliphatic carbocycles. The summed E-state index contributed by atoms with van der Waals surface area (Å²) in [7, 11) is 0. The molecule has 14 heavy (non-hydrogen) atoms. The van der Waals surface area contributed by atoms with E-state index in [9.17, 15) is 18.0 Å². The van der Waals surface area contributed by atoms with Crippen molar-refractivity contribution in [2.45, 2.75) is 19.0 Å². The van der Waals surface area contributed by atoms with Gasteiger partial charge in [0.25, 0.3) is 0 Å². The summed E-state index contributed by atoms with van der Waals surface area (Å²) in [5, 5.41) is 13.4. The number of aromatic amines is 1. The molecule has 1 atom stereocenters. The Kier molecular flexibility index (Phi) is 2.50. The highest BCUT2D eigenvalue weighted by molar-refractivity contribution is 5.74. The Morgan fingerprint density at radius 3 is 2.57 bits per heavy atom. The predicted octanol–water partition coefficient (Wildman–Crippen LogP) is 1.42. The molecule has 1 heterocycles. The molecule has 0 aliphatic heterocycles. The molecule has 0 spiro atoms. The number of halogens is 3. The highest BCUT2D eigenvalue weighted by Crippen LogP contribution is 2.28. The van der Waals surface area contributed by atoms with Gasteiger partial charge in [-0.15, -0.1) is 0 Å². The number of carboxylic acid groups (broad SMARTS) is 1. The van der Waals surface area contributed by atoms with Gasteiger partial charge < -0.3 is 5.11 Å². The van der Waals surface area contributed by atoms with Gasteiger partial charge in [-0.1, -0.05) is 0 Å². The lowest BCUT2D eigenvalue weighted by molar-refractivity contribution is -0.141. The monoisotopic (exact) mass is 207 g/mol. The molecule has 0 saturated carbocycles. The second-order valence-electron chi connectivity index (χ2n) is 2.67. The summed E-state index contributed by atoms with van der Waals surface area (Å²) in [5.74, 6) is -2.32. The minimum atomic E-state index is -4.60. The van der Waals surface area contributed by atoms with Crippen molar-refractivity contribution in [2.75, 3.05) is 0 Å². The zero-order chi connectivity index (χ0) is 10.9. The largest absolute Gasteiger partial charge is 0.481 e. The van der Waals surface area contributed by atoms with E-state index in [1.54, 1.807) is 0 Å². The van der Waals surface area contributed by atoms with Crippen LogP contribution in [-0.2, 0) is 11.0 Å². The second-order valence-corrected chi connectivity index (χ2v) is 2.67. The van der Waals surface area contributed by atoms with Crippen molar-refractivity contribution in [2.24, 2.45) is 0 Å². The maximum absolute atomic E-state index is 12.0. The first-order valence-corrected chi connectivity index (χ1v) is 3.60. The summed E-state index contributed by atoms with van der Waals surface area (Å²) >= 11 is 0. The van der Waals surface area contributed by atoms with Crippen LogP contribution in [0.4, 0.5) is 13.2 Å². The Bertz CT molecular complexity index is 345. The van der Waals surface area contributed by atoms with Gasteiger partial charge in [-0.05, 0) is 6.92 Å². The van der Waals surface area contributed by atoms with Gasteiger partial charge in [0.15, 0.2) is 5.69 Å². The molecule has 0 aromatic carbocycles. The number of H-pyrrole nitrogens is 1. The van der Waals surface area contributed by atoms with Gasteiger partial charge in [0, 0.05) is 6.07 Å². The smallest absolute Gasteiger partial charge is 0.435 e. The molecule has 7 heteroatoms. The summed E-state index contributed by atoms with van der Waals surface area (Å²) in [5.41, 5.74) is -1.43. The van der Waals surface area contributed by atoms with Crippen molar-refractivity contribution in [1.29, 1.82) is 0 Å². The van der Waals surface area contributed by atoms with Crippen LogP contribution in [0.3, 0.4) is 0 Å². The van der Waals surface area contributed by atoms with Crippen molar-refractivity contribution in [3.05, 3.63) is 17.5 Å². The third-order valence-electron chi connectivity index (χ3n) is 1.61. The Hall–Kier alpha value is -1.53. The maximum Gasteiger partial charge on any atom is 0.435 e. The van der Waals surface area contributed by atoms with Crippen LogP contribution in [0, 0.1) is 6.07 Å². The maximum atomic E-state index is 12.0. The Morgan fingerprint density at radius 2 is 2.21 bits per heavy atom. The third kappa shape index (κ3) is 2.04. The molecule has 1 aromatic rings. The van der Waals surface area contributed by atoms with Crippen LogP contribution < -0.4 is 0 Å². The molecule has 4 nitrogen and oxygen atoms in total. The molecule has 0 bridgehead atoms. The highest BCUT2D eigenvalue weighted by Gasteiger charge is 2.35. The van der Waals surface area contributed by atoms with Crippen molar-refractivity contribution in [3.63, 3.8) is 0 Å². The van der Waals surface area contributed by atoms with Crippen LogP contribution in [-0.4, -0.2) is 21.3 Å². The highest BCUT2D eigenvalue weighted by atomic mass is 19.4. The van der Waals surface area contributed by atoms with E-state index in [1.807, 2.05) is 11.2 Å². The van der Waals surface area contributed by atoms with E-state index >= 15 is 0 Å². The standard InChI is InChI=1S/C7H6F3N2O2/c1-3(6(13)14)4-2-5(12-11-4)7(8,9)10/h3H,1H3,(H,11,12)(H,13,14). The topological polar surface area (TPSA) is 66.0 Å². The van der Waals surface area contributed by atoms with E-state index < -0.39 is 23.8 Å². The van der Waals surface area contributed by atoms with E-state index in [0.717, 1.165) is 0 Å². The number of aliphatic carboxylic acids is 1. The number of hydrogen-bond donors (Lipinski definition) is 2. The average molecular weight is 207 g/mol. The molecule has 1 aromatic heterocycles. The molecule has 0 aliphatic rings. The van der Waals surface area contributed by atoms with Crippen LogP contribution in [0.25, 0.3) is 0 Å². The number of carboxylic acids is 1. The fourth-order valence-corrected chi connectivity index (χ4v) is 0.762.